The second-order valence-corrected chi connectivity index (χ2v) is 7.73. The molecule has 3 N–H and O–H groups in total. The van der Waals surface area contributed by atoms with Crippen LogP contribution in [0.15, 0.2) is 24.4 Å². The van der Waals surface area contributed by atoms with E-state index in [1.54, 1.807) is 6.20 Å². The van der Waals surface area contributed by atoms with Crippen LogP contribution in [0.2, 0.25) is 0 Å². The minimum Gasteiger partial charge on any atom is -0.446 e. The number of aryl methyl sites for hydroxylation is 1. The Morgan fingerprint density at radius 3 is 2.89 bits per heavy atom. The third-order valence-electron chi connectivity index (χ3n) is 4.72. The molecule has 8 heteroatoms. The van der Waals surface area contributed by atoms with Crippen molar-refractivity contribution in [3.8, 4) is 11.3 Å². The third-order valence-corrected chi connectivity index (χ3v) is 5.51. The molecule has 0 aliphatic heterocycles. The Kier molecular flexibility index (Phi) is 4.89. The molecule has 3 aromatic heterocycles. The van der Waals surface area contributed by atoms with Crippen molar-refractivity contribution in [2.24, 2.45) is 0 Å². The van der Waals surface area contributed by atoms with Crippen molar-refractivity contribution in [1.29, 1.82) is 0 Å². The van der Waals surface area contributed by atoms with Gasteiger partial charge in [-0.3, -0.25) is 10.3 Å². The van der Waals surface area contributed by atoms with Gasteiger partial charge in [0.25, 0.3) is 0 Å². The molecule has 0 saturated heterocycles. The molecule has 1 aliphatic carbocycles. The number of nitrogens with one attached hydrogen (secondary N) is 1. The van der Waals surface area contributed by atoms with E-state index in [9.17, 15) is 4.79 Å². The van der Waals surface area contributed by atoms with Crippen molar-refractivity contribution >= 4 is 38.6 Å². The quantitative estimate of drug-likeness (QED) is 0.689. The van der Waals surface area contributed by atoms with Crippen LogP contribution in [0.25, 0.3) is 21.6 Å². The molecule has 27 heavy (non-hydrogen) atoms. The molecule has 7 nitrogen and oxygen atoms in total. The Hall–Kier alpha value is -2.74. The number of thiazole rings is 1. The van der Waals surface area contributed by atoms with Gasteiger partial charge in [0.2, 0.25) is 0 Å². The molecule has 4 rings (SSSR count). The van der Waals surface area contributed by atoms with E-state index in [-0.39, 0.29) is 6.10 Å². The van der Waals surface area contributed by atoms with Crippen LogP contribution in [-0.2, 0) is 4.74 Å². The third kappa shape index (κ3) is 4.00. The van der Waals surface area contributed by atoms with Crippen molar-refractivity contribution < 1.29 is 9.53 Å². The molecule has 0 bridgehead atoms. The van der Waals surface area contributed by atoms with E-state index in [0.717, 1.165) is 53.0 Å². The molecule has 0 aromatic carbocycles. The monoisotopic (exact) mass is 383 g/mol. The van der Waals surface area contributed by atoms with Crippen LogP contribution in [0.5, 0.6) is 0 Å². The fraction of sp³-hybridized carbons (Fsp3) is 0.368. The molecular formula is C19H21N5O2S. The number of rotatable bonds is 3. The Labute approximate surface area is 161 Å². The Bertz CT molecular complexity index is 981. The second-order valence-electron chi connectivity index (χ2n) is 6.72. The van der Waals surface area contributed by atoms with Gasteiger partial charge in [0.15, 0.2) is 5.13 Å². The number of hydrogen-bond acceptors (Lipinski definition) is 7. The van der Waals surface area contributed by atoms with Crippen LogP contribution in [-0.4, -0.2) is 27.1 Å². The molecule has 3 heterocycles. The number of pyridine rings is 2. The number of ether oxygens (including phenoxy) is 1. The molecule has 1 aliphatic rings. The van der Waals surface area contributed by atoms with Crippen molar-refractivity contribution in [3.05, 3.63) is 30.1 Å². The topological polar surface area (TPSA) is 103 Å². The van der Waals surface area contributed by atoms with Gasteiger partial charge >= 0.3 is 6.09 Å². The number of nitrogens with two attached hydrogens (primary N) is 1. The van der Waals surface area contributed by atoms with Crippen molar-refractivity contribution in [2.75, 3.05) is 11.1 Å². The second kappa shape index (κ2) is 7.48. The SMILES string of the molecule is Cc1ncc(-c2ccc3nc(N)sc3n2)cc1NC(=O)OC1CCCCC1. The standard InChI is InChI=1S/C19H21N5O2S/c1-11-16(24-19(25)26-13-5-3-2-4-6-13)9-12(10-21-11)14-7-8-15-17(22-14)27-18(20)23-15/h7-10,13H,2-6H2,1H3,(H2,20,23)(H,24,25). The molecule has 140 valence electrons. The lowest BCUT2D eigenvalue weighted by molar-refractivity contribution is 0.0865. The normalized spacial score (nSPS) is 15.0. The highest BCUT2D eigenvalue weighted by molar-refractivity contribution is 7.21. The maximum Gasteiger partial charge on any atom is 0.411 e. The molecule has 0 spiro atoms. The van der Waals surface area contributed by atoms with Gasteiger partial charge in [-0.25, -0.2) is 14.8 Å². The first-order valence-electron chi connectivity index (χ1n) is 9.06. The van der Waals surface area contributed by atoms with Gasteiger partial charge in [0.1, 0.15) is 16.5 Å². The maximum atomic E-state index is 12.3. The van der Waals surface area contributed by atoms with Gasteiger partial charge < -0.3 is 10.5 Å². The summed E-state index contributed by atoms with van der Waals surface area (Å²) in [5, 5.41) is 3.32. The van der Waals surface area contributed by atoms with Crippen LogP contribution in [0.1, 0.15) is 37.8 Å². The van der Waals surface area contributed by atoms with Gasteiger partial charge in [-0.05, 0) is 50.8 Å². The summed E-state index contributed by atoms with van der Waals surface area (Å²) in [7, 11) is 0. The van der Waals surface area contributed by atoms with Crippen LogP contribution in [0.3, 0.4) is 0 Å². The first-order valence-corrected chi connectivity index (χ1v) is 9.88. The highest BCUT2D eigenvalue weighted by atomic mass is 32.1. The highest BCUT2D eigenvalue weighted by Gasteiger charge is 2.18. The average molecular weight is 383 g/mol. The fourth-order valence-corrected chi connectivity index (χ4v) is 3.97. The molecule has 3 aromatic rings. The van der Waals surface area contributed by atoms with Crippen LogP contribution >= 0.6 is 11.3 Å². The van der Waals surface area contributed by atoms with Gasteiger partial charge in [-0.15, -0.1) is 0 Å². The van der Waals surface area contributed by atoms with Crippen molar-refractivity contribution in [3.63, 3.8) is 0 Å². The Balaban J connectivity index is 1.53. The first kappa shape index (κ1) is 17.7. The molecule has 1 saturated carbocycles. The van der Waals surface area contributed by atoms with Gasteiger partial charge in [-0.2, -0.15) is 0 Å². The summed E-state index contributed by atoms with van der Waals surface area (Å²) in [6.07, 6.45) is 6.65. The van der Waals surface area contributed by atoms with Crippen molar-refractivity contribution in [1.82, 2.24) is 15.0 Å². The highest BCUT2D eigenvalue weighted by Crippen LogP contribution is 2.28. The van der Waals surface area contributed by atoms with Crippen LogP contribution in [0.4, 0.5) is 15.6 Å². The predicted molar refractivity (Wildman–Crippen MR) is 107 cm³/mol. The lowest BCUT2D eigenvalue weighted by atomic mass is 9.98. The van der Waals surface area contributed by atoms with E-state index >= 15 is 0 Å². The van der Waals surface area contributed by atoms with E-state index in [0.29, 0.717) is 10.8 Å². The van der Waals surface area contributed by atoms with Crippen molar-refractivity contribution in [2.45, 2.75) is 45.1 Å². The molecule has 0 radical (unpaired) electrons. The number of nitrogen functional groups attached to an aromatic ring is 1. The summed E-state index contributed by atoms with van der Waals surface area (Å²) in [6.45, 7) is 1.85. The summed E-state index contributed by atoms with van der Waals surface area (Å²) in [5.41, 5.74) is 9.43. The smallest absolute Gasteiger partial charge is 0.411 e. The number of carbonyl (C=O) groups excluding carboxylic acids is 1. The van der Waals surface area contributed by atoms with Crippen LogP contribution < -0.4 is 11.1 Å². The molecular weight excluding hydrogens is 362 g/mol. The van der Waals surface area contributed by atoms with Gasteiger partial charge in [-0.1, -0.05) is 17.8 Å². The summed E-state index contributed by atoms with van der Waals surface area (Å²) < 4.78 is 5.54. The summed E-state index contributed by atoms with van der Waals surface area (Å²) in [6, 6.07) is 5.62. The van der Waals surface area contributed by atoms with E-state index in [1.165, 1.54) is 17.8 Å². The van der Waals surface area contributed by atoms with Gasteiger partial charge in [0, 0.05) is 11.8 Å². The number of amides is 1. The largest absolute Gasteiger partial charge is 0.446 e. The molecule has 0 unspecified atom stereocenters. The summed E-state index contributed by atoms with van der Waals surface area (Å²) in [4.78, 5) is 26.3. The summed E-state index contributed by atoms with van der Waals surface area (Å²) in [5.74, 6) is 0. The number of fused-ring (bicyclic) bond motifs is 1. The number of hydrogen-bond donors (Lipinski definition) is 2. The summed E-state index contributed by atoms with van der Waals surface area (Å²) >= 11 is 1.34. The average Bonchev–Trinajstić information content (AvgIpc) is 3.03. The fourth-order valence-electron chi connectivity index (χ4n) is 3.27. The first-order chi connectivity index (χ1) is 13.1. The minimum atomic E-state index is -0.428. The number of anilines is 2. The number of carbonyl (C=O) groups is 1. The molecule has 1 amide bonds. The predicted octanol–water partition coefficient (Wildman–Crippen LogP) is 4.53. The zero-order valence-corrected chi connectivity index (χ0v) is 15.9. The maximum absolute atomic E-state index is 12.3. The van der Waals surface area contributed by atoms with E-state index in [4.69, 9.17) is 10.5 Å². The lowest BCUT2D eigenvalue weighted by Crippen LogP contribution is -2.24. The molecule has 1 fully saturated rings. The zero-order chi connectivity index (χ0) is 18.8. The number of nitrogens with zero attached hydrogens (tertiary/aromatic N) is 3. The van der Waals surface area contributed by atoms with E-state index in [2.05, 4.69) is 20.3 Å². The van der Waals surface area contributed by atoms with Gasteiger partial charge in [0.05, 0.1) is 17.1 Å². The number of aromatic nitrogens is 3. The zero-order valence-electron chi connectivity index (χ0n) is 15.1. The lowest BCUT2D eigenvalue weighted by Gasteiger charge is -2.22. The van der Waals surface area contributed by atoms with E-state index < -0.39 is 6.09 Å². The molecule has 0 atom stereocenters. The van der Waals surface area contributed by atoms with Crippen LogP contribution in [0, 0.1) is 6.92 Å². The Morgan fingerprint density at radius 1 is 1.26 bits per heavy atom. The minimum absolute atomic E-state index is 0.0102. The van der Waals surface area contributed by atoms with E-state index in [1.807, 2.05) is 25.1 Å². The Morgan fingerprint density at radius 2 is 2.07 bits per heavy atom.